The van der Waals surface area contributed by atoms with Gasteiger partial charge >= 0.3 is 5.82 Å². The first-order chi connectivity index (χ1) is 8.08. The van der Waals surface area contributed by atoms with E-state index >= 15 is 0 Å². The zero-order valence-electron chi connectivity index (χ0n) is 9.08. The maximum absolute atomic E-state index is 10.6. The molecule has 0 fully saturated rings. The average Bonchev–Trinajstić information content (AvgIpc) is 2.82. The van der Waals surface area contributed by atoms with Gasteiger partial charge in [0, 0.05) is 25.9 Å². The lowest BCUT2D eigenvalue weighted by molar-refractivity contribution is -0.389. The van der Waals surface area contributed by atoms with Gasteiger partial charge < -0.3 is 14.7 Å². The monoisotopic (exact) mass is 255 g/mol. The van der Waals surface area contributed by atoms with Gasteiger partial charge in [-0.2, -0.15) is 4.68 Å². The number of hydrogen-bond donors (Lipinski definition) is 0. The van der Waals surface area contributed by atoms with Crippen molar-refractivity contribution in [2.75, 3.05) is 0 Å². The largest absolute Gasteiger partial charge is 0.408 e. The highest BCUT2D eigenvalue weighted by atomic mass is 35.5. The number of halogens is 1. The number of imidazole rings is 1. The number of rotatable bonds is 4. The summed E-state index contributed by atoms with van der Waals surface area (Å²) < 4.78 is 3.34. The molecule has 0 bridgehead atoms. The Morgan fingerprint density at radius 3 is 2.88 bits per heavy atom. The van der Waals surface area contributed by atoms with Crippen molar-refractivity contribution in [1.29, 1.82) is 0 Å². The van der Waals surface area contributed by atoms with Crippen LogP contribution in [-0.4, -0.2) is 24.3 Å². The fourth-order valence-corrected chi connectivity index (χ4v) is 1.70. The zero-order chi connectivity index (χ0) is 12.4. The van der Waals surface area contributed by atoms with E-state index in [1.165, 1.54) is 10.9 Å². The highest BCUT2D eigenvalue weighted by Gasteiger charge is 2.18. The van der Waals surface area contributed by atoms with E-state index in [2.05, 4.69) is 10.1 Å². The standard InChI is InChI=1S/C9H10ClN5O2/c1-13-5-3-11-8(13)2-4-14-6-7(10)9(12-14)15(16)17/h3,5-6H,2,4H2,1H3. The lowest BCUT2D eigenvalue weighted by Crippen LogP contribution is -2.06. The predicted octanol–water partition coefficient (Wildman–Crippen LogP) is 1.42. The second kappa shape index (κ2) is 4.54. The molecule has 0 N–H and O–H groups in total. The van der Waals surface area contributed by atoms with Crippen LogP contribution in [0.3, 0.4) is 0 Å². The van der Waals surface area contributed by atoms with Crippen LogP contribution in [0.4, 0.5) is 5.82 Å². The van der Waals surface area contributed by atoms with Gasteiger partial charge in [-0.25, -0.2) is 4.98 Å². The van der Waals surface area contributed by atoms with Crippen LogP contribution in [0.25, 0.3) is 0 Å². The SMILES string of the molecule is Cn1ccnc1CCn1cc(Cl)c([N+](=O)[O-])n1. The van der Waals surface area contributed by atoms with Gasteiger partial charge in [-0.15, -0.1) is 0 Å². The van der Waals surface area contributed by atoms with E-state index in [0.717, 1.165) is 5.82 Å². The van der Waals surface area contributed by atoms with E-state index in [-0.39, 0.29) is 10.8 Å². The molecule has 0 saturated heterocycles. The van der Waals surface area contributed by atoms with Gasteiger partial charge in [-0.1, -0.05) is 11.6 Å². The molecule has 0 aromatic carbocycles. The summed E-state index contributed by atoms with van der Waals surface area (Å²) in [6.07, 6.45) is 5.63. The number of nitrogens with zero attached hydrogens (tertiary/aromatic N) is 5. The lowest BCUT2D eigenvalue weighted by atomic mass is 10.4. The summed E-state index contributed by atoms with van der Waals surface area (Å²) in [7, 11) is 1.89. The molecule has 0 aliphatic rings. The van der Waals surface area contributed by atoms with Crippen LogP contribution in [0.5, 0.6) is 0 Å². The van der Waals surface area contributed by atoms with Gasteiger partial charge in [0.05, 0.1) is 17.8 Å². The number of nitro groups is 1. The van der Waals surface area contributed by atoms with Crippen LogP contribution in [0.15, 0.2) is 18.6 Å². The zero-order valence-corrected chi connectivity index (χ0v) is 9.83. The second-order valence-electron chi connectivity index (χ2n) is 3.53. The first-order valence-electron chi connectivity index (χ1n) is 4.91. The first-order valence-corrected chi connectivity index (χ1v) is 5.29. The minimum Gasteiger partial charge on any atom is -0.358 e. The summed E-state index contributed by atoms with van der Waals surface area (Å²) >= 11 is 5.69. The summed E-state index contributed by atoms with van der Waals surface area (Å²) in [6.45, 7) is 0.498. The molecule has 2 rings (SSSR count). The van der Waals surface area contributed by atoms with Gasteiger partial charge in [0.15, 0.2) is 5.02 Å². The summed E-state index contributed by atoms with van der Waals surface area (Å²) in [4.78, 5) is 14.1. The number of aryl methyl sites for hydroxylation is 3. The van der Waals surface area contributed by atoms with Gasteiger partial charge in [-0.05, 0) is 4.92 Å². The number of aromatic nitrogens is 4. The molecule has 0 unspecified atom stereocenters. The van der Waals surface area contributed by atoms with Crippen LogP contribution in [-0.2, 0) is 20.0 Å². The molecule has 17 heavy (non-hydrogen) atoms. The molecular weight excluding hydrogens is 246 g/mol. The van der Waals surface area contributed by atoms with Crippen molar-refractivity contribution in [3.63, 3.8) is 0 Å². The van der Waals surface area contributed by atoms with E-state index < -0.39 is 4.92 Å². The minimum absolute atomic E-state index is 0.0508. The van der Waals surface area contributed by atoms with Crippen molar-refractivity contribution in [1.82, 2.24) is 19.3 Å². The van der Waals surface area contributed by atoms with E-state index in [9.17, 15) is 10.1 Å². The van der Waals surface area contributed by atoms with Crippen molar-refractivity contribution in [2.24, 2.45) is 7.05 Å². The van der Waals surface area contributed by atoms with Crippen LogP contribution in [0.2, 0.25) is 5.02 Å². The van der Waals surface area contributed by atoms with Crippen LogP contribution < -0.4 is 0 Å². The van der Waals surface area contributed by atoms with Gasteiger partial charge in [0.2, 0.25) is 0 Å². The summed E-state index contributed by atoms with van der Waals surface area (Å²) in [5.74, 6) is 0.575. The third kappa shape index (κ3) is 2.44. The average molecular weight is 256 g/mol. The van der Waals surface area contributed by atoms with E-state index in [4.69, 9.17) is 11.6 Å². The Hall–Kier alpha value is -1.89. The third-order valence-electron chi connectivity index (χ3n) is 2.36. The van der Waals surface area contributed by atoms with E-state index in [1.54, 1.807) is 6.20 Å². The molecular formula is C9H10ClN5O2. The van der Waals surface area contributed by atoms with Gasteiger partial charge in [-0.3, -0.25) is 0 Å². The molecule has 0 atom stereocenters. The molecule has 0 spiro atoms. The molecule has 0 amide bonds. The molecule has 90 valence electrons. The van der Waals surface area contributed by atoms with Crippen molar-refractivity contribution < 1.29 is 4.92 Å². The Morgan fingerprint density at radius 2 is 2.35 bits per heavy atom. The normalized spacial score (nSPS) is 10.7. The lowest BCUT2D eigenvalue weighted by Gasteiger charge is -1.99. The highest BCUT2D eigenvalue weighted by Crippen LogP contribution is 2.21. The Balaban J connectivity index is 2.07. The molecule has 0 aliphatic heterocycles. The summed E-state index contributed by atoms with van der Waals surface area (Å²) in [6, 6.07) is 0. The maximum Gasteiger partial charge on any atom is 0.408 e. The first kappa shape index (κ1) is 11.6. The summed E-state index contributed by atoms with van der Waals surface area (Å²) in [5.41, 5.74) is 0. The van der Waals surface area contributed by atoms with Gasteiger partial charge in [0.25, 0.3) is 0 Å². The number of hydrogen-bond acceptors (Lipinski definition) is 4. The smallest absolute Gasteiger partial charge is 0.358 e. The fraction of sp³-hybridized carbons (Fsp3) is 0.333. The molecule has 8 heteroatoms. The van der Waals surface area contributed by atoms with Crippen molar-refractivity contribution in [3.8, 4) is 0 Å². The van der Waals surface area contributed by atoms with Crippen LogP contribution in [0.1, 0.15) is 5.82 Å². The molecule has 0 saturated carbocycles. The second-order valence-corrected chi connectivity index (χ2v) is 3.93. The highest BCUT2D eigenvalue weighted by molar-refractivity contribution is 6.32. The Labute approximate surface area is 102 Å². The molecule has 7 nitrogen and oxygen atoms in total. The molecule has 0 radical (unpaired) electrons. The summed E-state index contributed by atoms with van der Waals surface area (Å²) in [5, 5.41) is 14.4. The van der Waals surface area contributed by atoms with E-state index in [1.807, 2.05) is 17.8 Å². The third-order valence-corrected chi connectivity index (χ3v) is 2.62. The van der Waals surface area contributed by atoms with Crippen LogP contribution in [0, 0.1) is 10.1 Å². The van der Waals surface area contributed by atoms with Gasteiger partial charge in [0.1, 0.15) is 5.82 Å². The Kier molecular flexibility index (Phi) is 3.10. The Bertz CT molecular complexity index is 547. The van der Waals surface area contributed by atoms with E-state index in [0.29, 0.717) is 13.0 Å². The fourth-order valence-electron chi connectivity index (χ4n) is 1.48. The Morgan fingerprint density at radius 1 is 1.59 bits per heavy atom. The molecule has 2 heterocycles. The quantitative estimate of drug-likeness (QED) is 0.611. The topological polar surface area (TPSA) is 78.8 Å². The molecule has 2 aromatic rings. The molecule has 2 aromatic heterocycles. The predicted molar refractivity (Wildman–Crippen MR) is 60.8 cm³/mol. The minimum atomic E-state index is -0.598. The van der Waals surface area contributed by atoms with Crippen molar-refractivity contribution >= 4 is 17.4 Å². The van der Waals surface area contributed by atoms with Crippen molar-refractivity contribution in [3.05, 3.63) is 39.6 Å². The van der Waals surface area contributed by atoms with Crippen LogP contribution >= 0.6 is 11.6 Å². The van der Waals surface area contributed by atoms with Crippen molar-refractivity contribution in [2.45, 2.75) is 13.0 Å². The molecule has 0 aliphatic carbocycles. The maximum atomic E-state index is 10.6.